The van der Waals surface area contributed by atoms with Crippen LogP contribution in [0.4, 0.5) is 5.95 Å². The van der Waals surface area contributed by atoms with E-state index >= 15 is 0 Å². The van der Waals surface area contributed by atoms with Crippen LogP contribution in [0.3, 0.4) is 0 Å². The van der Waals surface area contributed by atoms with Crippen molar-refractivity contribution >= 4 is 11.9 Å². The molecule has 8 nitrogen and oxygen atoms in total. The molecule has 0 saturated carbocycles. The minimum absolute atomic E-state index is 0.135. The third-order valence-corrected chi connectivity index (χ3v) is 3.75. The number of carbonyl (C=O) groups is 1. The molecular formula is C17H19N7O. The Balaban J connectivity index is 1.64. The van der Waals surface area contributed by atoms with E-state index in [9.17, 15) is 4.79 Å². The number of nitrogens with one attached hydrogen (secondary N) is 2. The SMILES string of the molecule is CCCCCc1cnc(-c2ccc(C(=O)Nc3nn[nH]n3)cc2)nc1. The van der Waals surface area contributed by atoms with Crippen molar-refractivity contribution in [2.24, 2.45) is 0 Å². The molecule has 0 saturated heterocycles. The van der Waals surface area contributed by atoms with Crippen LogP contribution >= 0.6 is 0 Å². The second kappa shape index (κ2) is 8.09. The van der Waals surface area contributed by atoms with Crippen molar-refractivity contribution in [3.63, 3.8) is 0 Å². The number of benzene rings is 1. The van der Waals surface area contributed by atoms with Crippen molar-refractivity contribution < 1.29 is 4.79 Å². The number of aromatic amines is 1. The van der Waals surface area contributed by atoms with Gasteiger partial charge in [-0.2, -0.15) is 5.21 Å². The van der Waals surface area contributed by atoms with Crippen LogP contribution < -0.4 is 5.32 Å². The molecular weight excluding hydrogens is 318 g/mol. The first-order valence-electron chi connectivity index (χ1n) is 8.22. The smallest absolute Gasteiger partial charge is 0.270 e. The highest BCUT2D eigenvalue weighted by Gasteiger charge is 2.09. The highest BCUT2D eigenvalue weighted by molar-refractivity contribution is 6.03. The van der Waals surface area contributed by atoms with Crippen LogP contribution in [0, 0.1) is 0 Å². The largest absolute Gasteiger partial charge is 0.288 e. The van der Waals surface area contributed by atoms with Gasteiger partial charge in [0.05, 0.1) is 0 Å². The Kier molecular flexibility index (Phi) is 5.40. The van der Waals surface area contributed by atoms with E-state index in [2.05, 4.69) is 42.8 Å². The van der Waals surface area contributed by atoms with E-state index in [0.717, 1.165) is 24.0 Å². The summed E-state index contributed by atoms with van der Waals surface area (Å²) in [6.45, 7) is 2.19. The lowest BCUT2D eigenvalue weighted by molar-refractivity contribution is 0.102. The standard InChI is InChI=1S/C17H19N7O/c1-2-3-4-5-12-10-18-15(19-11-12)13-6-8-14(9-7-13)16(25)20-17-21-23-24-22-17/h6-11H,2-5H2,1H3,(H2,20,21,22,23,24,25). The molecule has 0 spiro atoms. The van der Waals surface area contributed by atoms with Gasteiger partial charge >= 0.3 is 0 Å². The molecule has 2 heterocycles. The van der Waals surface area contributed by atoms with E-state index < -0.39 is 0 Å². The quantitative estimate of drug-likeness (QED) is 0.641. The molecule has 8 heteroatoms. The average molecular weight is 337 g/mol. The molecule has 0 radical (unpaired) electrons. The number of amides is 1. The number of unbranched alkanes of at least 4 members (excludes halogenated alkanes) is 2. The zero-order valence-electron chi connectivity index (χ0n) is 13.9. The summed E-state index contributed by atoms with van der Waals surface area (Å²) in [5, 5.41) is 15.6. The molecule has 128 valence electrons. The summed E-state index contributed by atoms with van der Waals surface area (Å²) in [4.78, 5) is 20.9. The fourth-order valence-electron chi connectivity index (χ4n) is 2.37. The van der Waals surface area contributed by atoms with E-state index in [0.29, 0.717) is 11.4 Å². The number of aromatic nitrogens is 6. The molecule has 0 aliphatic rings. The van der Waals surface area contributed by atoms with Crippen molar-refractivity contribution in [1.29, 1.82) is 0 Å². The molecule has 1 aromatic carbocycles. The fourth-order valence-corrected chi connectivity index (χ4v) is 2.37. The van der Waals surface area contributed by atoms with Crippen LogP contribution in [0.25, 0.3) is 11.4 Å². The van der Waals surface area contributed by atoms with Gasteiger partial charge in [0.2, 0.25) is 0 Å². The van der Waals surface area contributed by atoms with Crippen molar-refractivity contribution in [3.8, 4) is 11.4 Å². The Bertz CT molecular complexity index is 798. The van der Waals surface area contributed by atoms with Gasteiger partial charge in [0, 0.05) is 23.5 Å². The second-order valence-electron chi connectivity index (χ2n) is 5.64. The molecule has 2 N–H and O–H groups in total. The molecule has 0 aliphatic heterocycles. The second-order valence-corrected chi connectivity index (χ2v) is 5.64. The van der Waals surface area contributed by atoms with E-state index in [1.165, 1.54) is 12.8 Å². The van der Waals surface area contributed by atoms with Crippen LogP contribution in [0.15, 0.2) is 36.7 Å². The molecule has 0 aliphatic carbocycles. The number of carbonyl (C=O) groups excluding carboxylic acids is 1. The van der Waals surface area contributed by atoms with E-state index in [-0.39, 0.29) is 11.9 Å². The van der Waals surface area contributed by atoms with Crippen LogP contribution in [0.1, 0.15) is 42.1 Å². The zero-order valence-corrected chi connectivity index (χ0v) is 13.9. The third-order valence-electron chi connectivity index (χ3n) is 3.75. The Labute approximate surface area is 145 Å². The summed E-state index contributed by atoms with van der Waals surface area (Å²) in [6.07, 6.45) is 8.32. The molecule has 3 aromatic rings. The lowest BCUT2D eigenvalue weighted by Gasteiger charge is -2.04. The summed E-state index contributed by atoms with van der Waals surface area (Å²) >= 11 is 0. The number of aryl methyl sites for hydroxylation is 1. The normalized spacial score (nSPS) is 10.6. The number of hydrogen-bond acceptors (Lipinski definition) is 6. The molecule has 3 rings (SSSR count). The molecule has 0 bridgehead atoms. The maximum atomic E-state index is 12.1. The molecule has 1 amide bonds. The lowest BCUT2D eigenvalue weighted by atomic mass is 10.1. The predicted octanol–water partition coefficient (Wildman–Crippen LogP) is 2.64. The first-order valence-corrected chi connectivity index (χ1v) is 8.22. The van der Waals surface area contributed by atoms with Crippen molar-refractivity contribution in [3.05, 3.63) is 47.8 Å². The van der Waals surface area contributed by atoms with Crippen LogP contribution in [0.2, 0.25) is 0 Å². The lowest BCUT2D eigenvalue weighted by Crippen LogP contribution is -2.12. The van der Waals surface area contributed by atoms with Crippen LogP contribution in [-0.2, 0) is 6.42 Å². The number of tetrazole rings is 1. The first kappa shape index (κ1) is 16.7. The maximum absolute atomic E-state index is 12.1. The van der Waals surface area contributed by atoms with Gasteiger partial charge in [-0.25, -0.2) is 9.97 Å². The summed E-state index contributed by atoms with van der Waals surface area (Å²) < 4.78 is 0. The summed E-state index contributed by atoms with van der Waals surface area (Å²) in [7, 11) is 0. The molecule has 25 heavy (non-hydrogen) atoms. The van der Waals surface area contributed by atoms with Gasteiger partial charge in [-0.3, -0.25) is 10.1 Å². The van der Waals surface area contributed by atoms with Gasteiger partial charge in [0.1, 0.15) is 0 Å². The van der Waals surface area contributed by atoms with Crippen LogP contribution in [0.5, 0.6) is 0 Å². The number of rotatable bonds is 7. The summed E-state index contributed by atoms with van der Waals surface area (Å²) in [6, 6.07) is 7.06. The topological polar surface area (TPSA) is 109 Å². The molecule has 0 fully saturated rings. The van der Waals surface area contributed by atoms with E-state index in [1.807, 2.05) is 24.5 Å². The van der Waals surface area contributed by atoms with Gasteiger partial charge in [-0.1, -0.05) is 37.0 Å². The van der Waals surface area contributed by atoms with E-state index in [1.54, 1.807) is 12.1 Å². The highest BCUT2D eigenvalue weighted by atomic mass is 16.1. The fraction of sp³-hybridized carbons (Fsp3) is 0.294. The third kappa shape index (κ3) is 4.43. The van der Waals surface area contributed by atoms with Gasteiger partial charge in [0.15, 0.2) is 5.82 Å². The van der Waals surface area contributed by atoms with Crippen LogP contribution in [-0.4, -0.2) is 36.5 Å². The van der Waals surface area contributed by atoms with Gasteiger partial charge in [-0.05, 0) is 35.8 Å². The van der Waals surface area contributed by atoms with E-state index in [4.69, 9.17) is 0 Å². The number of anilines is 1. The van der Waals surface area contributed by atoms with Crippen molar-refractivity contribution in [2.45, 2.75) is 32.6 Å². The monoisotopic (exact) mass is 337 g/mol. The minimum atomic E-state index is -0.305. The number of H-pyrrole nitrogens is 1. The Morgan fingerprint density at radius 1 is 1.12 bits per heavy atom. The van der Waals surface area contributed by atoms with Gasteiger partial charge < -0.3 is 0 Å². The van der Waals surface area contributed by atoms with Crippen molar-refractivity contribution in [1.82, 2.24) is 30.6 Å². The van der Waals surface area contributed by atoms with Gasteiger partial charge in [-0.15, -0.1) is 5.10 Å². The van der Waals surface area contributed by atoms with Gasteiger partial charge in [0.25, 0.3) is 11.9 Å². The maximum Gasteiger partial charge on any atom is 0.270 e. The molecule has 2 aromatic heterocycles. The van der Waals surface area contributed by atoms with Crippen molar-refractivity contribution in [2.75, 3.05) is 5.32 Å². The zero-order chi connectivity index (χ0) is 17.5. The number of hydrogen-bond donors (Lipinski definition) is 2. The number of nitrogens with zero attached hydrogens (tertiary/aromatic N) is 5. The minimum Gasteiger partial charge on any atom is -0.288 e. The highest BCUT2D eigenvalue weighted by Crippen LogP contribution is 2.16. The molecule has 0 unspecified atom stereocenters. The first-order chi connectivity index (χ1) is 12.3. The Morgan fingerprint density at radius 3 is 2.52 bits per heavy atom. The Hall–Kier alpha value is -3.16. The average Bonchev–Trinajstić information content (AvgIpc) is 3.16. The molecule has 0 atom stereocenters. The summed E-state index contributed by atoms with van der Waals surface area (Å²) in [5.41, 5.74) is 2.49. The Morgan fingerprint density at radius 2 is 1.88 bits per heavy atom. The summed E-state index contributed by atoms with van der Waals surface area (Å²) in [5.74, 6) is 0.473. The predicted molar refractivity (Wildman–Crippen MR) is 92.8 cm³/mol.